The minimum atomic E-state index is 0.564. The second kappa shape index (κ2) is 4.68. The lowest BCUT2D eigenvalue weighted by atomic mass is 10.2. The van der Waals surface area contributed by atoms with Crippen molar-refractivity contribution in [1.29, 1.82) is 0 Å². The van der Waals surface area contributed by atoms with Gasteiger partial charge in [-0.3, -0.25) is 5.10 Å². The van der Waals surface area contributed by atoms with Crippen molar-refractivity contribution in [3.05, 3.63) is 36.0 Å². The number of H-pyrrole nitrogens is 1. The highest BCUT2D eigenvalue weighted by Gasteiger charge is 2.13. The van der Waals surface area contributed by atoms with Gasteiger partial charge in [0, 0.05) is 5.56 Å². The Hall–Kier alpha value is -2.43. The standard InChI is InChI=1S/C14H14N4O/c1-3-19-14-11-9(2)15-12(16-13(11)17-18-14)10-7-5-4-6-8-10/h4-8H,3H2,1-2H3,(H,15,16,17,18). The molecule has 0 amide bonds. The van der Waals surface area contributed by atoms with E-state index in [1.54, 1.807) is 0 Å². The van der Waals surface area contributed by atoms with Crippen LogP contribution in [0.1, 0.15) is 12.6 Å². The van der Waals surface area contributed by atoms with Crippen LogP contribution in [0.3, 0.4) is 0 Å². The zero-order chi connectivity index (χ0) is 13.2. The van der Waals surface area contributed by atoms with Crippen molar-refractivity contribution in [3.63, 3.8) is 0 Å². The number of nitrogens with zero attached hydrogens (tertiary/aromatic N) is 3. The largest absolute Gasteiger partial charge is 0.476 e. The van der Waals surface area contributed by atoms with Crippen LogP contribution in [-0.4, -0.2) is 26.8 Å². The van der Waals surface area contributed by atoms with Crippen LogP contribution < -0.4 is 4.74 Å². The molecule has 0 bridgehead atoms. The molecule has 0 fully saturated rings. The summed E-state index contributed by atoms with van der Waals surface area (Å²) in [7, 11) is 0. The van der Waals surface area contributed by atoms with E-state index in [9.17, 15) is 0 Å². The molecule has 0 aliphatic rings. The van der Waals surface area contributed by atoms with E-state index in [4.69, 9.17) is 4.74 Å². The molecule has 0 unspecified atom stereocenters. The molecule has 1 N–H and O–H groups in total. The van der Waals surface area contributed by atoms with Crippen molar-refractivity contribution in [2.24, 2.45) is 0 Å². The van der Waals surface area contributed by atoms with E-state index in [0.717, 1.165) is 16.6 Å². The predicted molar refractivity (Wildman–Crippen MR) is 73.0 cm³/mol. The number of aromatic nitrogens is 4. The molecule has 2 aromatic heterocycles. The summed E-state index contributed by atoms with van der Waals surface area (Å²) in [6.07, 6.45) is 0. The number of aromatic amines is 1. The number of aryl methyl sites for hydroxylation is 1. The Morgan fingerprint density at radius 2 is 1.95 bits per heavy atom. The molecular formula is C14H14N4O. The molecule has 0 spiro atoms. The molecule has 0 aliphatic heterocycles. The van der Waals surface area contributed by atoms with Crippen LogP contribution in [0.15, 0.2) is 30.3 Å². The van der Waals surface area contributed by atoms with Gasteiger partial charge < -0.3 is 4.74 Å². The molecule has 2 heterocycles. The Kier molecular flexibility index (Phi) is 2.87. The lowest BCUT2D eigenvalue weighted by Crippen LogP contribution is -1.95. The van der Waals surface area contributed by atoms with E-state index in [1.165, 1.54) is 0 Å². The van der Waals surface area contributed by atoms with E-state index < -0.39 is 0 Å². The van der Waals surface area contributed by atoms with Gasteiger partial charge >= 0.3 is 0 Å². The van der Waals surface area contributed by atoms with Gasteiger partial charge in [-0.25, -0.2) is 9.97 Å². The van der Waals surface area contributed by atoms with Crippen LogP contribution in [0.2, 0.25) is 0 Å². The summed E-state index contributed by atoms with van der Waals surface area (Å²) in [5, 5.41) is 7.88. The number of fused-ring (bicyclic) bond motifs is 1. The van der Waals surface area contributed by atoms with Gasteiger partial charge in [-0.15, -0.1) is 5.10 Å². The Balaban J connectivity index is 2.16. The molecule has 0 saturated carbocycles. The van der Waals surface area contributed by atoms with Gasteiger partial charge in [-0.05, 0) is 13.8 Å². The summed E-state index contributed by atoms with van der Waals surface area (Å²) in [5.41, 5.74) is 2.55. The number of benzene rings is 1. The molecule has 0 radical (unpaired) electrons. The van der Waals surface area contributed by atoms with E-state index in [2.05, 4.69) is 20.2 Å². The third-order valence-electron chi connectivity index (χ3n) is 2.88. The molecule has 5 heteroatoms. The Labute approximate surface area is 110 Å². The molecule has 5 nitrogen and oxygen atoms in total. The molecule has 3 aromatic rings. The highest BCUT2D eigenvalue weighted by molar-refractivity contribution is 5.84. The third-order valence-corrected chi connectivity index (χ3v) is 2.88. The average molecular weight is 254 g/mol. The van der Waals surface area contributed by atoms with Crippen LogP contribution in [0, 0.1) is 6.92 Å². The smallest absolute Gasteiger partial charge is 0.244 e. The van der Waals surface area contributed by atoms with E-state index in [1.807, 2.05) is 44.2 Å². The normalized spacial score (nSPS) is 10.8. The highest BCUT2D eigenvalue weighted by atomic mass is 16.5. The first kappa shape index (κ1) is 11.6. The van der Waals surface area contributed by atoms with Gasteiger partial charge in [0.25, 0.3) is 0 Å². The average Bonchev–Trinajstić information content (AvgIpc) is 2.84. The maximum absolute atomic E-state index is 5.46. The molecule has 0 aliphatic carbocycles. The number of hydrogen-bond donors (Lipinski definition) is 1. The van der Waals surface area contributed by atoms with Gasteiger partial charge in [0.2, 0.25) is 5.88 Å². The molecular weight excluding hydrogens is 240 g/mol. The summed E-state index contributed by atoms with van der Waals surface area (Å²) >= 11 is 0. The molecule has 96 valence electrons. The second-order valence-corrected chi connectivity index (χ2v) is 4.18. The van der Waals surface area contributed by atoms with Crippen molar-refractivity contribution in [3.8, 4) is 17.3 Å². The summed E-state index contributed by atoms with van der Waals surface area (Å²) in [6.45, 7) is 4.43. The van der Waals surface area contributed by atoms with Crippen molar-refractivity contribution < 1.29 is 4.74 Å². The van der Waals surface area contributed by atoms with Gasteiger partial charge in [-0.1, -0.05) is 30.3 Å². The summed E-state index contributed by atoms with van der Waals surface area (Å²) < 4.78 is 5.46. The highest BCUT2D eigenvalue weighted by Crippen LogP contribution is 2.26. The van der Waals surface area contributed by atoms with Crippen LogP contribution in [-0.2, 0) is 0 Å². The number of rotatable bonds is 3. The van der Waals surface area contributed by atoms with Crippen molar-refractivity contribution in [2.45, 2.75) is 13.8 Å². The van der Waals surface area contributed by atoms with Crippen molar-refractivity contribution in [1.82, 2.24) is 20.2 Å². The second-order valence-electron chi connectivity index (χ2n) is 4.18. The fourth-order valence-electron chi connectivity index (χ4n) is 2.03. The first-order valence-corrected chi connectivity index (χ1v) is 6.20. The van der Waals surface area contributed by atoms with Crippen molar-refractivity contribution >= 4 is 11.0 Å². The minimum absolute atomic E-state index is 0.564. The zero-order valence-electron chi connectivity index (χ0n) is 10.8. The Bertz CT molecular complexity index is 706. The summed E-state index contributed by atoms with van der Waals surface area (Å²) in [6, 6.07) is 9.88. The fourth-order valence-corrected chi connectivity index (χ4v) is 2.03. The summed E-state index contributed by atoms with van der Waals surface area (Å²) in [5.74, 6) is 1.26. The third kappa shape index (κ3) is 2.03. The quantitative estimate of drug-likeness (QED) is 0.780. The van der Waals surface area contributed by atoms with Crippen LogP contribution >= 0.6 is 0 Å². The minimum Gasteiger partial charge on any atom is -0.476 e. The lowest BCUT2D eigenvalue weighted by molar-refractivity contribution is 0.329. The van der Waals surface area contributed by atoms with E-state index >= 15 is 0 Å². The van der Waals surface area contributed by atoms with Gasteiger partial charge in [0.1, 0.15) is 5.39 Å². The number of hydrogen-bond acceptors (Lipinski definition) is 4. The zero-order valence-corrected chi connectivity index (χ0v) is 10.8. The maximum atomic E-state index is 5.46. The SMILES string of the molecule is CCOc1n[nH]c2nc(-c3ccccc3)nc(C)c12. The van der Waals surface area contributed by atoms with E-state index in [-0.39, 0.29) is 0 Å². The van der Waals surface area contributed by atoms with Crippen LogP contribution in [0.5, 0.6) is 5.88 Å². The molecule has 3 rings (SSSR count). The Morgan fingerprint density at radius 1 is 1.16 bits per heavy atom. The van der Waals surface area contributed by atoms with Gasteiger partial charge in [0.05, 0.1) is 12.3 Å². The van der Waals surface area contributed by atoms with Crippen molar-refractivity contribution in [2.75, 3.05) is 6.61 Å². The van der Waals surface area contributed by atoms with Crippen LogP contribution in [0.4, 0.5) is 0 Å². The van der Waals surface area contributed by atoms with Crippen LogP contribution in [0.25, 0.3) is 22.4 Å². The monoisotopic (exact) mass is 254 g/mol. The first-order chi connectivity index (χ1) is 9.29. The maximum Gasteiger partial charge on any atom is 0.244 e. The number of nitrogens with one attached hydrogen (secondary N) is 1. The topological polar surface area (TPSA) is 63.7 Å². The molecule has 0 saturated heterocycles. The lowest BCUT2D eigenvalue weighted by Gasteiger charge is -2.03. The molecule has 0 atom stereocenters. The van der Waals surface area contributed by atoms with Gasteiger partial charge in [-0.2, -0.15) is 0 Å². The number of ether oxygens (including phenoxy) is 1. The van der Waals surface area contributed by atoms with E-state index in [0.29, 0.717) is 24.0 Å². The molecule has 1 aromatic carbocycles. The predicted octanol–water partition coefficient (Wildman–Crippen LogP) is 2.73. The first-order valence-electron chi connectivity index (χ1n) is 6.20. The fraction of sp³-hybridized carbons (Fsp3) is 0.214. The summed E-state index contributed by atoms with van der Waals surface area (Å²) in [4.78, 5) is 9.04. The Morgan fingerprint density at radius 3 is 2.68 bits per heavy atom. The molecule has 19 heavy (non-hydrogen) atoms. The van der Waals surface area contributed by atoms with Gasteiger partial charge in [0.15, 0.2) is 11.5 Å².